The Hall–Kier alpha value is -3.26. The molecule has 0 aromatic carbocycles. The summed E-state index contributed by atoms with van der Waals surface area (Å²) in [4.78, 5) is 11.8. The van der Waals surface area contributed by atoms with Crippen LogP contribution >= 0.6 is 0 Å². The minimum atomic E-state index is 0.202. The summed E-state index contributed by atoms with van der Waals surface area (Å²) >= 11 is 0. The molecular formula is C24H29N7O. The predicted octanol–water partition coefficient (Wildman–Crippen LogP) is 4.16. The number of piperidine rings is 1. The normalized spacial score (nSPS) is 16.9. The van der Waals surface area contributed by atoms with E-state index in [0.29, 0.717) is 11.9 Å². The lowest BCUT2D eigenvalue weighted by Gasteiger charge is -2.33. The van der Waals surface area contributed by atoms with E-state index in [4.69, 9.17) is 19.9 Å². The summed E-state index contributed by atoms with van der Waals surface area (Å²) in [6.45, 7) is 8.14. The van der Waals surface area contributed by atoms with Crippen LogP contribution in [0.4, 0.5) is 5.82 Å². The molecule has 8 heteroatoms. The minimum absolute atomic E-state index is 0.202. The van der Waals surface area contributed by atoms with Gasteiger partial charge in [0.05, 0.1) is 11.8 Å². The van der Waals surface area contributed by atoms with Crippen LogP contribution in [-0.2, 0) is 4.74 Å². The van der Waals surface area contributed by atoms with Crippen molar-refractivity contribution < 1.29 is 4.74 Å². The van der Waals surface area contributed by atoms with Gasteiger partial charge in [0.15, 0.2) is 5.82 Å². The van der Waals surface area contributed by atoms with Crippen LogP contribution in [0, 0.1) is 6.92 Å². The number of hydrogen-bond acceptors (Lipinski definition) is 6. The molecule has 0 N–H and O–H groups in total. The van der Waals surface area contributed by atoms with Gasteiger partial charge in [0.1, 0.15) is 11.2 Å². The molecule has 0 amide bonds. The number of rotatable bonds is 5. The lowest BCUT2D eigenvalue weighted by molar-refractivity contribution is 0.0892. The molecule has 0 radical (unpaired) electrons. The Morgan fingerprint density at radius 2 is 2.00 bits per heavy atom. The van der Waals surface area contributed by atoms with Crippen LogP contribution in [-0.4, -0.2) is 55.7 Å². The van der Waals surface area contributed by atoms with Crippen LogP contribution in [0.2, 0.25) is 0 Å². The first-order valence-electron chi connectivity index (χ1n) is 11.2. The third kappa shape index (κ3) is 3.64. The number of fused-ring (bicyclic) bond motifs is 1. The average Bonchev–Trinajstić information content (AvgIpc) is 3.44. The zero-order valence-electron chi connectivity index (χ0n) is 19.1. The molecule has 1 saturated heterocycles. The van der Waals surface area contributed by atoms with Gasteiger partial charge in [-0.15, -0.1) is 5.10 Å². The lowest BCUT2D eigenvalue weighted by atomic mass is 10.1. The first-order valence-corrected chi connectivity index (χ1v) is 11.2. The van der Waals surface area contributed by atoms with E-state index in [1.54, 1.807) is 13.3 Å². The second kappa shape index (κ2) is 8.35. The molecule has 0 saturated carbocycles. The van der Waals surface area contributed by atoms with Gasteiger partial charge >= 0.3 is 0 Å². The number of hydrogen-bond donors (Lipinski definition) is 0. The largest absolute Gasteiger partial charge is 0.380 e. The average molecular weight is 432 g/mol. The summed E-state index contributed by atoms with van der Waals surface area (Å²) < 4.78 is 9.61. The standard InChI is InChI=1S/C24H29N7O/c1-16(2)30-13-10-20(27-30)19-15-31-22(17(19)3)24(29-12-7-8-18(14-29)32-4)26-23(28-31)21-9-5-6-11-25-21/h5-6,9-11,13,15-16,18H,7-8,12,14H2,1-4H3. The summed E-state index contributed by atoms with van der Waals surface area (Å²) in [5.74, 6) is 1.54. The van der Waals surface area contributed by atoms with Crippen molar-refractivity contribution in [2.75, 3.05) is 25.1 Å². The van der Waals surface area contributed by atoms with E-state index in [1.807, 2.05) is 33.6 Å². The molecule has 8 nitrogen and oxygen atoms in total. The smallest absolute Gasteiger partial charge is 0.200 e. The highest BCUT2D eigenvalue weighted by Gasteiger charge is 2.26. The quantitative estimate of drug-likeness (QED) is 0.472. The SMILES string of the molecule is COC1CCCN(c2nc(-c3ccccn3)nn3cc(-c4ccn(C(C)C)n4)c(C)c23)C1. The van der Waals surface area contributed by atoms with E-state index in [9.17, 15) is 0 Å². The molecule has 1 fully saturated rings. The fraction of sp³-hybridized carbons (Fsp3) is 0.417. The topological polar surface area (TPSA) is 73.4 Å². The van der Waals surface area contributed by atoms with Crippen LogP contribution in [0.3, 0.4) is 0 Å². The Morgan fingerprint density at radius 1 is 1.12 bits per heavy atom. The van der Waals surface area contributed by atoms with Crippen LogP contribution < -0.4 is 4.90 Å². The van der Waals surface area contributed by atoms with Crippen molar-refractivity contribution >= 4 is 11.3 Å². The summed E-state index contributed by atoms with van der Waals surface area (Å²) in [6.07, 6.45) is 8.20. The van der Waals surface area contributed by atoms with Crippen LogP contribution in [0.5, 0.6) is 0 Å². The summed E-state index contributed by atoms with van der Waals surface area (Å²) in [5, 5.41) is 9.63. The number of nitrogens with zero attached hydrogens (tertiary/aromatic N) is 7. The molecule has 0 bridgehead atoms. The fourth-order valence-electron chi connectivity index (χ4n) is 4.38. The molecule has 0 aliphatic carbocycles. The van der Waals surface area contributed by atoms with Crippen molar-refractivity contribution in [3.63, 3.8) is 0 Å². The molecule has 1 aliphatic rings. The van der Waals surface area contributed by atoms with Gasteiger partial charge in [0.2, 0.25) is 5.82 Å². The van der Waals surface area contributed by atoms with Crippen molar-refractivity contribution in [2.24, 2.45) is 0 Å². The highest BCUT2D eigenvalue weighted by Crippen LogP contribution is 2.34. The Bertz CT molecular complexity index is 1230. The van der Waals surface area contributed by atoms with Gasteiger partial charge in [-0.25, -0.2) is 9.50 Å². The van der Waals surface area contributed by atoms with Gasteiger partial charge in [-0.2, -0.15) is 5.10 Å². The zero-order valence-corrected chi connectivity index (χ0v) is 19.1. The number of aromatic nitrogens is 6. The van der Waals surface area contributed by atoms with Crippen molar-refractivity contribution in [3.8, 4) is 22.8 Å². The highest BCUT2D eigenvalue weighted by atomic mass is 16.5. The summed E-state index contributed by atoms with van der Waals surface area (Å²) in [5.41, 5.74) is 4.91. The lowest BCUT2D eigenvalue weighted by Crippen LogP contribution is -2.40. The Balaban J connectivity index is 1.69. The first kappa shape index (κ1) is 20.6. The summed E-state index contributed by atoms with van der Waals surface area (Å²) in [7, 11) is 1.79. The van der Waals surface area contributed by atoms with Gasteiger partial charge in [0.25, 0.3) is 0 Å². The van der Waals surface area contributed by atoms with E-state index in [0.717, 1.165) is 59.8 Å². The number of aryl methyl sites for hydroxylation is 1. The number of anilines is 1. The van der Waals surface area contributed by atoms with Gasteiger partial charge in [-0.3, -0.25) is 9.67 Å². The molecule has 1 unspecified atom stereocenters. The molecule has 5 rings (SSSR count). The van der Waals surface area contributed by atoms with Gasteiger partial charge in [-0.05, 0) is 57.4 Å². The van der Waals surface area contributed by atoms with Crippen molar-refractivity contribution in [1.29, 1.82) is 0 Å². The minimum Gasteiger partial charge on any atom is -0.380 e. The van der Waals surface area contributed by atoms with Crippen LogP contribution in [0.15, 0.2) is 42.9 Å². The molecule has 4 aromatic heterocycles. The third-order valence-electron chi connectivity index (χ3n) is 6.18. The molecule has 1 aliphatic heterocycles. The second-order valence-electron chi connectivity index (χ2n) is 8.66. The van der Waals surface area contributed by atoms with Gasteiger partial charge < -0.3 is 9.64 Å². The van der Waals surface area contributed by atoms with Gasteiger partial charge in [0, 0.05) is 50.4 Å². The van der Waals surface area contributed by atoms with Gasteiger partial charge in [-0.1, -0.05) is 6.07 Å². The Morgan fingerprint density at radius 3 is 2.72 bits per heavy atom. The van der Waals surface area contributed by atoms with Crippen molar-refractivity contribution in [1.82, 2.24) is 29.4 Å². The fourth-order valence-corrected chi connectivity index (χ4v) is 4.38. The molecule has 4 aromatic rings. The zero-order chi connectivity index (χ0) is 22.2. The van der Waals surface area contributed by atoms with Crippen molar-refractivity contribution in [3.05, 3.63) is 48.4 Å². The Kier molecular flexibility index (Phi) is 5.38. The molecule has 0 spiro atoms. The third-order valence-corrected chi connectivity index (χ3v) is 6.18. The highest BCUT2D eigenvalue weighted by molar-refractivity contribution is 5.83. The molecule has 1 atom stereocenters. The van der Waals surface area contributed by atoms with Crippen molar-refractivity contribution in [2.45, 2.75) is 45.8 Å². The van der Waals surface area contributed by atoms with E-state index in [2.05, 4.69) is 42.9 Å². The van der Waals surface area contributed by atoms with E-state index in [1.165, 1.54) is 0 Å². The molecule has 32 heavy (non-hydrogen) atoms. The van der Waals surface area contributed by atoms with E-state index < -0.39 is 0 Å². The number of pyridine rings is 1. The second-order valence-corrected chi connectivity index (χ2v) is 8.66. The number of methoxy groups -OCH3 is 1. The first-order chi connectivity index (χ1) is 15.5. The summed E-state index contributed by atoms with van der Waals surface area (Å²) in [6, 6.07) is 8.19. The number of ether oxygens (including phenoxy) is 1. The maximum Gasteiger partial charge on any atom is 0.200 e. The molecule has 166 valence electrons. The molecular weight excluding hydrogens is 402 g/mol. The van der Waals surface area contributed by atoms with E-state index >= 15 is 0 Å². The van der Waals surface area contributed by atoms with Crippen LogP contribution in [0.25, 0.3) is 28.3 Å². The Labute approximate surface area is 187 Å². The predicted molar refractivity (Wildman–Crippen MR) is 125 cm³/mol. The van der Waals surface area contributed by atoms with E-state index in [-0.39, 0.29) is 6.10 Å². The molecule has 5 heterocycles. The monoisotopic (exact) mass is 431 g/mol. The maximum absolute atomic E-state index is 5.68. The van der Waals surface area contributed by atoms with Crippen LogP contribution in [0.1, 0.15) is 38.3 Å². The maximum atomic E-state index is 5.68.